The van der Waals surface area contributed by atoms with E-state index < -0.39 is 0 Å². The summed E-state index contributed by atoms with van der Waals surface area (Å²) in [5.74, 6) is 0. The van der Waals surface area contributed by atoms with E-state index in [2.05, 4.69) is 48.8 Å². The molecule has 0 saturated heterocycles. The highest BCUT2D eigenvalue weighted by atomic mass is 79.9. The lowest BCUT2D eigenvalue weighted by Gasteiger charge is -2.10. The second-order valence-electron chi connectivity index (χ2n) is 3.34. The van der Waals surface area contributed by atoms with E-state index in [1.54, 1.807) is 0 Å². The molecule has 0 nitrogen and oxygen atoms in total. The molecule has 0 atom stereocenters. The van der Waals surface area contributed by atoms with E-state index in [4.69, 9.17) is 0 Å². The molecule has 1 radical (unpaired) electrons. The first kappa shape index (κ1) is 10.8. The fraction of sp³-hybridized carbons (Fsp3) is 0.500. The molecule has 13 heavy (non-hydrogen) atoms. The van der Waals surface area contributed by atoms with Gasteiger partial charge in [-0.2, -0.15) is 0 Å². The molecule has 0 heterocycles. The average Bonchev–Trinajstić information content (AvgIpc) is 2.12. The van der Waals surface area contributed by atoms with Gasteiger partial charge in [0, 0.05) is 4.47 Å². The van der Waals surface area contributed by atoms with Crippen LogP contribution in [0.15, 0.2) is 10.5 Å². The fourth-order valence-corrected chi connectivity index (χ4v) is 2.40. The van der Waals surface area contributed by atoms with Crippen LogP contribution in [-0.4, -0.2) is 0 Å². The maximum atomic E-state index is 3.67. The van der Waals surface area contributed by atoms with Gasteiger partial charge < -0.3 is 0 Å². The maximum absolute atomic E-state index is 3.67. The summed E-state index contributed by atoms with van der Waals surface area (Å²) in [5.41, 5.74) is 4.09. The third-order valence-corrected chi connectivity index (χ3v) is 3.33. The van der Waals surface area contributed by atoms with Crippen molar-refractivity contribution < 1.29 is 0 Å². The first-order valence-electron chi connectivity index (χ1n) is 4.89. The molecule has 0 N–H and O–H groups in total. The average molecular weight is 240 g/mol. The Bertz CT molecular complexity index is 289. The summed E-state index contributed by atoms with van der Waals surface area (Å²) in [5, 5.41) is 0. The summed E-state index contributed by atoms with van der Waals surface area (Å²) in [4.78, 5) is 0. The van der Waals surface area contributed by atoms with Gasteiger partial charge in [0.1, 0.15) is 0 Å². The standard InChI is InChI=1S/C12H16Br/c1-4-6-11-9(3)7-8-10(5-2)12(11)13/h8H,4-6H2,1-3H3. The van der Waals surface area contributed by atoms with Crippen molar-refractivity contribution in [1.29, 1.82) is 0 Å². The zero-order chi connectivity index (χ0) is 9.84. The highest BCUT2D eigenvalue weighted by molar-refractivity contribution is 9.10. The largest absolute Gasteiger partial charge is 0.0651 e. The normalized spacial score (nSPS) is 10.5. The lowest BCUT2D eigenvalue weighted by atomic mass is 10.0. The molecular formula is C12H16Br. The molecule has 0 aliphatic carbocycles. The molecule has 0 unspecified atom stereocenters. The van der Waals surface area contributed by atoms with Gasteiger partial charge in [-0.05, 0) is 48.6 Å². The Morgan fingerprint density at radius 1 is 1.38 bits per heavy atom. The van der Waals surface area contributed by atoms with Crippen molar-refractivity contribution in [3.05, 3.63) is 33.3 Å². The molecule has 0 aromatic heterocycles. The van der Waals surface area contributed by atoms with Gasteiger partial charge >= 0.3 is 0 Å². The Balaban J connectivity index is 3.13. The van der Waals surface area contributed by atoms with Crippen LogP contribution in [0.1, 0.15) is 37.0 Å². The Morgan fingerprint density at radius 3 is 2.62 bits per heavy atom. The van der Waals surface area contributed by atoms with E-state index >= 15 is 0 Å². The summed E-state index contributed by atoms with van der Waals surface area (Å²) >= 11 is 3.67. The number of halogens is 1. The highest BCUT2D eigenvalue weighted by Crippen LogP contribution is 2.26. The molecule has 0 saturated carbocycles. The number of hydrogen-bond donors (Lipinski definition) is 0. The molecule has 0 amide bonds. The van der Waals surface area contributed by atoms with Crippen LogP contribution in [0, 0.1) is 13.0 Å². The lowest BCUT2D eigenvalue weighted by molar-refractivity contribution is 0.900. The van der Waals surface area contributed by atoms with Gasteiger partial charge in [0.05, 0.1) is 0 Å². The maximum Gasteiger partial charge on any atom is 0.0242 e. The first-order valence-corrected chi connectivity index (χ1v) is 5.68. The number of aryl methyl sites for hydroxylation is 2. The number of benzene rings is 1. The van der Waals surface area contributed by atoms with E-state index in [0.29, 0.717) is 0 Å². The van der Waals surface area contributed by atoms with Crippen molar-refractivity contribution in [2.45, 2.75) is 40.0 Å². The molecule has 0 fully saturated rings. The minimum Gasteiger partial charge on any atom is -0.0651 e. The van der Waals surface area contributed by atoms with Gasteiger partial charge in [0.2, 0.25) is 0 Å². The van der Waals surface area contributed by atoms with Gasteiger partial charge in [-0.1, -0.05) is 36.2 Å². The topological polar surface area (TPSA) is 0 Å². The predicted molar refractivity (Wildman–Crippen MR) is 61.1 cm³/mol. The van der Waals surface area contributed by atoms with Crippen molar-refractivity contribution in [3.8, 4) is 0 Å². The van der Waals surface area contributed by atoms with Crippen LogP contribution in [-0.2, 0) is 12.8 Å². The van der Waals surface area contributed by atoms with Crippen LogP contribution in [0.25, 0.3) is 0 Å². The number of hydrogen-bond acceptors (Lipinski definition) is 0. The summed E-state index contributed by atoms with van der Waals surface area (Å²) in [6.07, 6.45) is 3.42. The third kappa shape index (κ3) is 2.34. The van der Waals surface area contributed by atoms with Crippen LogP contribution >= 0.6 is 15.9 Å². The Hall–Kier alpha value is -0.300. The smallest absolute Gasteiger partial charge is 0.0242 e. The Morgan fingerprint density at radius 2 is 2.08 bits per heavy atom. The molecule has 0 aliphatic rings. The second kappa shape index (κ2) is 4.80. The summed E-state index contributed by atoms with van der Waals surface area (Å²) < 4.78 is 1.30. The minimum absolute atomic E-state index is 1.08. The van der Waals surface area contributed by atoms with Crippen LogP contribution < -0.4 is 0 Å². The summed E-state index contributed by atoms with van der Waals surface area (Å²) in [7, 11) is 0. The van der Waals surface area contributed by atoms with E-state index in [1.807, 2.05) is 0 Å². The molecule has 1 aromatic carbocycles. The molecule has 0 spiro atoms. The van der Waals surface area contributed by atoms with E-state index in [1.165, 1.54) is 27.6 Å². The fourth-order valence-electron chi connectivity index (χ4n) is 1.51. The monoisotopic (exact) mass is 239 g/mol. The molecule has 1 rings (SSSR count). The Kier molecular flexibility index (Phi) is 3.98. The van der Waals surface area contributed by atoms with E-state index in [-0.39, 0.29) is 0 Å². The van der Waals surface area contributed by atoms with Crippen LogP contribution in [0.5, 0.6) is 0 Å². The molecule has 0 aliphatic heterocycles. The predicted octanol–water partition coefficient (Wildman–Crippen LogP) is 4.07. The lowest BCUT2D eigenvalue weighted by Crippen LogP contribution is -1.95. The van der Waals surface area contributed by atoms with E-state index in [9.17, 15) is 0 Å². The van der Waals surface area contributed by atoms with Crippen molar-refractivity contribution in [2.24, 2.45) is 0 Å². The Labute approximate surface area is 89.5 Å². The van der Waals surface area contributed by atoms with Crippen molar-refractivity contribution >= 4 is 15.9 Å². The molecule has 1 heteroatoms. The molecule has 0 bridgehead atoms. The summed E-state index contributed by atoms with van der Waals surface area (Å²) in [6.45, 7) is 6.53. The number of rotatable bonds is 3. The molecule has 71 valence electrons. The second-order valence-corrected chi connectivity index (χ2v) is 4.13. The third-order valence-electron chi connectivity index (χ3n) is 2.34. The van der Waals surface area contributed by atoms with Crippen LogP contribution in [0.3, 0.4) is 0 Å². The van der Waals surface area contributed by atoms with Gasteiger partial charge in [-0.3, -0.25) is 0 Å². The highest BCUT2D eigenvalue weighted by Gasteiger charge is 2.06. The quantitative estimate of drug-likeness (QED) is 0.747. The minimum atomic E-state index is 1.08. The molecular weight excluding hydrogens is 224 g/mol. The van der Waals surface area contributed by atoms with Crippen molar-refractivity contribution in [2.75, 3.05) is 0 Å². The van der Waals surface area contributed by atoms with E-state index in [0.717, 1.165) is 12.8 Å². The van der Waals surface area contributed by atoms with Crippen LogP contribution in [0.4, 0.5) is 0 Å². The SMILES string of the molecule is CCCc1c(C)[c]cc(CC)c1Br. The zero-order valence-electron chi connectivity index (χ0n) is 8.58. The van der Waals surface area contributed by atoms with Gasteiger partial charge in [0.15, 0.2) is 0 Å². The van der Waals surface area contributed by atoms with Crippen molar-refractivity contribution in [1.82, 2.24) is 0 Å². The van der Waals surface area contributed by atoms with Crippen LogP contribution in [0.2, 0.25) is 0 Å². The first-order chi connectivity index (χ1) is 6.20. The zero-order valence-corrected chi connectivity index (χ0v) is 10.2. The molecule has 1 aromatic rings. The summed E-state index contributed by atoms with van der Waals surface area (Å²) in [6, 6.07) is 5.41. The van der Waals surface area contributed by atoms with Gasteiger partial charge in [0.25, 0.3) is 0 Å². The van der Waals surface area contributed by atoms with Gasteiger partial charge in [-0.15, -0.1) is 0 Å². The van der Waals surface area contributed by atoms with Gasteiger partial charge in [-0.25, -0.2) is 0 Å². The van der Waals surface area contributed by atoms with Crippen molar-refractivity contribution in [3.63, 3.8) is 0 Å².